The molecule has 0 aliphatic carbocycles. The molecule has 0 aliphatic heterocycles. The number of nitrogens with zero attached hydrogens (tertiary/aromatic N) is 2. The van der Waals surface area contributed by atoms with Gasteiger partial charge in [0.2, 0.25) is 5.28 Å². The Morgan fingerprint density at radius 1 is 1.27 bits per heavy atom. The van der Waals surface area contributed by atoms with Gasteiger partial charge in [-0.3, -0.25) is 0 Å². The van der Waals surface area contributed by atoms with Gasteiger partial charge in [0, 0.05) is 5.69 Å². The van der Waals surface area contributed by atoms with Gasteiger partial charge in [0.25, 0.3) is 0 Å². The molecular weight excluding hydrogens is 318 g/mol. The van der Waals surface area contributed by atoms with E-state index in [-0.39, 0.29) is 5.28 Å². The molecule has 0 atom stereocenters. The summed E-state index contributed by atoms with van der Waals surface area (Å²) in [4.78, 5) is 9.42. The summed E-state index contributed by atoms with van der Waals surface area (Å²) in [6, 6.07) is 7.63. The van der Waals surface area contributed by atoms with E-state index in [1.165, 1.54) is 0 Å². The van der Waals surface area contributed by atoms with Crippen LogP contribution in [0.4, 0.5) is 11.5 Å². The zero-order chi connectivity index (χ0) is 15.9. The standard InChI is InChI=1S/C16H16ClN3OS/c1-9-8-22-14-12(9)13(19-15(17)20-14)18-11-6-4-5-10(7-11)16(2,3)21/h4-8,21H,1-3H3,(H,18,19,20). The second kappa shape index (κ2) is 5.50. The molecule has 0 amide bonds. The van der Waals surface area contributed by atoms with E-state index >= 15 is 0 Å². The molecule has 3 rings (SSSR count). The number of hydrogen-bond acceptors (Lipinski definition) is 5. The summed E-state index contributed by atoms with van der Waals surface area (Å²) in [5.74, 6) is 0.682. The third-order valence-electron chi connectivity index (χ3n) is 3.42. The van der Waals surface area contributed by atoms with Crippen molar-refractivity contribution in [1.29, 1.82) is 0 Å². The number of aromatic nitrogens is 2. The van der Waals surface area contributed by atoms with Crippen LogP contribution in [0.1, 0.15) is 25.0 Å². The van der Waals surface area contributed by atoms with Crippen molar-refractivity contribution in [3.8, 4) is 0 Å². The summed E-state index contributed by atoms with van der Waals surface area (Å²) >= 11 is 7.55. The average Bonchev–Trinajstić information content (AvgIpc) is 2.79. The lowest BCUT2D eigenvalue weighted by Crippen LogP contribution is -2.15. The van der Waals surface area contributed by atoms with Crippen LogP contribution in [-0.4, -0.2) is 15.1 Å². The highest BCUT2D eigenvalue weighted by Gasteiger charge is 2.17. The molecule has 0 saturated heterocycles. The van der Waals surface area contributed by atoms with Crippen molar-refractivity contribution in [2.45, 2.75) is 26.4 Å². The Kier molecular flexibility index (Phi) is 3.80. The molecule has 22 heavy (non-hydrogen) atoms. The molecule has 0 radical (unpaired) electrons. The van der Waals surface area contributed by atoms with Gasteiger partial charge in [0.05, 0.1) is 11.0 Å². The van der Waals surface area contributed by atoms with Crippen LogP contribution in [0.25, 0.3) is 10.2 Å². The maximum Gasteiger partial charge on any atom is 0.225 e. The molecule has 0 bridgehead atoms. The molecule has 2 aromatic heterocycles. The number of thiophene rings is 1. The van der Waals surface area contributed by atoms with Crippen LogP contribution in [0.15, 0.2) is 29.6 Å². The molecule has 3 aromatic rings. The fourth-order valence-corrected chi connectivity index (χ4v) is 3.40. The highest BCUT2D eigenvalue weighted by atomic mass is 35.5. The molecule has 2 N–H and O–H groups in total. The monoisotopic (exact) mass is 333 g/mol. The Morgan fingerprint density at radius 3 is 2.77 bits per heavy atom. The first kappa shape index (κ1) is 15.2. The highest BCUT2D eigenvalue weighted by molar-refractivity contribution is 7.17. The van der Waals surface area contributed by atoms with Crippen LogP contribution in [-0.2, 0) is 5.60 Å². The van der Waals surface area contributed by atoms with Crippen molar-refractivity contribution in [2.24, 2.45) is 0 Å². The highest BCUT2D eigenvalue weighted by Crippen LogP contribution is 2.32. The summed E-state index contributed by atoms with van der Waals surface area (Å²) in [6.45, 7) is 5.54. The summed E-state index contributed by atoms with van der Waals surface area (Å²) in [7, 11) is 0. The van der Waals surface area contributed by atoms with Crippen molar-refractivity contribution in [2.75, 3.05) is 5.32 Å². The summed E-state index contributed by atoms with van der Waals surface area (Å²) in [6.07, 6.45) is 0. The number of fused-ring (bicyclic) bond motifs is 1. The van der Waals surface area contributed by atoms with Gasteiger partial charge in [-0.15, -0.1) is 11.3 Å². The Bertz CT molecular complexity index is 839. The fourth-order valence-electron chi connectivity index (χ4n) is 2.26. The number of benzene rings is 1. The lowest BCUT2D eigenvalue weighted by atomic mass is 9.98. The first-order valence-electron chi connectivity index (χ1n) is 6.86. The Labute approximate surface area is 137 Å². The third-order valence-corrected chi connectivity index (χ3v) is 4.58. The van der Waals surface area contributed by atoms with E-state index in [1.807, 2.05) is 36.6 Å². The predicted molar refractivity (Wildman–Crippen MR) is 92.1 cm³/mol. The Balaban J connectivity index is 2.05. The number of hydrogen-bond donors (Lipinski definition) is 2. The fraction of sp³-hybridized carbons (Fsp3) is 0.250. The Morgan fingerprint density at radius 2 is 2.05 bits per heavy atom. The van der Waals surface area contributed by atoms with Crippen molar-refractivity contribution in [3.05, 3.63) is 46.1 Å². The minimum absolute atomic E-state index is 0.218. The molecule has 6 heteroatoms. The third kappa shape index (κ3) is 2.92. The molecule has 114 valence electrons. The van der Waals surface area contributed by atoms with Crippen LogP contribution in [0.5, 0.6) is 0 Å². The lowest BCUT2D eigenvalue weighted by Gasteiger charge is -2.19. The molecule has 4 nitrogen and oxygen atoms in total. The van der Waals surface area contributed by atoms with Crippen LogP contribution >= 0.6 is 22.9 Å². The molecule has 0 fully saturated rings. The second-order valence-corrected chi connectivity index (χ2v) is 6.90. The summed E-state index contributed by atoms with van der Waals surface area (Å²) < 4.78 is 0. The minimum atomic E-state index is -0.894. The van der Waals surface area contributed by atoms with Gasteiger partial charge in [-0.1, -0.05) is 12.1 Å². The van der Waals surface area contributed by atoms with E-state index in [2.05, 4.69) is 15.3 Å². The van der Waals surface area contributed by atoms with Crippen molar-refractivity contribution < 1.29 is 5.11 Å². The van der Waals surface area contributed by atoms with Crippen molar-refractivity contribution >= 4 is 44.7 Å². The lowest BCUT2D eigenvalue weighted by molar-refractivity contribution is 0.0786. The normalized spacial score (nSPS) is 11.9. The minimum Gasteiger partial charge on any atom is -0.386 e. The number of anilines is 2. The van der Waals surface area contributed by atoms with Crippen LogP contribution in [0.2, 0.25) is 5.28 Å². The van der Waals surface area contributed by atoms with E-state index in [0.717, 1.165) is 27.0 Å². The van der Waals surface area contributed by atoms with Gasteiger partial charge < -0.3 is 10.4 Å². The Hall–Kier alpha value is -1.69. The van der Waals surface area contributed by atoms with Crippen molar-refractivity contribution in [3.63, 3.8) is 0 Å². The molecule has 0 saturated carbocycles. The van der Waals surface area contributed by atoms with E-state index in [4.69, 9.17) is 11.6 Å². The van der Waals surface area contributed by atoms with Crippen LogP contribution < -0.4 is 5.32 Å². The van der Waals surface area contributed by atoms with Crippen LogP contribution in [0, 0.1) is 6.92 Å². The van der Waals surface area contributed by atoms with E-state index in [1.54, 1.807) is 25.2 Å². The van der Waals surface area contributed by atoms with E-state index in [9.17, 15) is 5.11 Å². The number of aryl methyl sites for hydroxylation is 1. The zero-order valence-corrected chi connectivity index (χ0v) is 14.1. The molecule has 0 unspecified atom stereocenters. The molecule has 0 aliphatic rings. The van der Waals surface area contributed by atoms with Gasteiger partial charge in [-0.2, -0.15) is 4.98 Å². The quantitative estimate of drug-likeness (QED) is 0.686. The van der Waals surface area contributed by atoms with Gasteiger partial charge in [0.1, 0.15) is 10.6 Å². The maximum absolute atomic E-state index is 10.1. The predicted octanol–water partition coefficient (Wildman–Crippen LogP) is 4.62. The van der Waals surface area contributed by atoms with Gasteiger partial charge in [-0.05, 0) is 61.0 Å². The van der Waals surface area contributed by atoms with E-state index in [0.29, 0.717) is 5.82 Å². The largest absolute Gasteiger partial charge is 0.386 e. The summed E-state index contributed by atoms with van der Waals surface area (Å²) in [5.41, 5.74) is 1.89. The molecule has 2 heterocycles. The SMILES string of the molecule is Cc1csc2nc(Cl)nc(Nc3cccc(C(C)(C)O)c3)c12. The first-order chi connectivity index (χ1) is 10.3. The first-order valence-corrected chi connectivity index (χ1v) is 8.11. The molecule has 1 aromatic carbocycles. The molecular formula is C16H16ClN3OS. The zero-order valence-electron chi connectivity index (χ0n) is 12.5. The maximum atomic E-state index is 10.1. The number of aliphatic hydroxyl groups is 1. The second-order valence-electron chi connectivity index (χ2n) is 5.70. The summed E-state index contributed by atoms with van der Waals surface area (Å²) in [5, 5.41) is 16.6. The van der Waals surface area contributed by atoms with Crippen LogP contribution in [0.3, 0.4) is 0 Å². The topological polar surface area (TPSA) is 58.0 Å². The van der Waals surface area contributed by atoms with Gasteiger partial charge >= 0.3 is 0 Å². The van der Waals surface area contributed by atoms with Gasteiger partial charge in [0.15, 0.2) is 0 Å². The number of halogens is 1. The smallest absolute Gasteiger partial charge is 0.225 e. The van der Waals surface area contributed by atoms with E-state index < -0.39 is 5.60 Å². The molecule has 0 spiro atoms. The van der Waals surface area contributed by atoms with Gasteiger partial charge in [-0.25, -0.2) is 4.98 Å². The number of rotatable bonds is 3. The average molecular weight is 334 g/mol. The number of nitrogens with one attached hydrogen (secondary N) is 1. The van der Waals surface area contributed by atoms with Crippen molar-refractivity contribution in [1.82, 2.24) is 9.97 Å².